The molecule has 4 rings (SSSR count). The molecule has 1 amide bonds. The van der Waals surface area contributed by atoms with Crippen LogP contribution < -0.4 is 10.1 Å². The van der Waals surface area contributed by atoms with Crippen LogP contribution in [0.15, 0.2) is 59.8 Å². The number of rotatable bonds is 6. The van der Waals surface area contributed by atoms with Crippen molar-refractivity contribution in [2.75, 3.05) is 18.2 Å². The summed E-state index contributed by atoms with van der Waals surface area (Å²) in [5.41, 5.74) is 5.32. The molecule has 2 aromatic carbocycles. The molecule has 1 N–H and O–H groups in total. The van der Waals surface area contributed by atoms with Gasteiger partial charge in [-0.3, -0.25) is 4.79 Å². The van der Waals surface area contributed by atoms with Crippen LogP contribution in [-0.4, -0.2) is 38.6 Å². The van der Waals surface area contributed by atoms with Gasteiger partial charge in [0.1, 0.15) is 5.75 Å². The molecular formula is C22H21N5O2S. The molecule has 0 aliphatic rings. The van der Waals surface area contributed by atoms with E-state index in [1.54, 1.807) is 11.6 Å². The number of nitrogens with zero attached hydrogens (tertiary/aromatic N) is 4. The van der Waals surface area contributed by atoms with E-state index in [1.165, 1.54) is 11.8 Å². The molecule has 2 heterocycles. The lowest BCUT2D eigenvalue weighted by molar-refractivity contribution is -0.113. The fourth-order valence-corrected chi connectivity index (χ4v) is 3.65. The summed E-state index contributed by atoms with van der Waals surface area (Å²) in [5.74, 6) is 0.898. The minimum atomic E-state index is -0.100. The van der Waals surface area contributed by atoms with Gasteiger partial charge in [0.25, 0.3) is 0 Å². The summed E-state index contributed by atoms with van der Waals surface area (Å²) in [7, 11) is 1.64. The van der Waals surface area contributed by atoms with E-state index < -0.39 is 0 Å². The zero-order valence-electron chi connectivity index (χ0n) is 16.9. The molecule has 0 aliphatic heterocycles. The maximum Gasteiger partial charge on any atom is 0.234 e. The lowest BCUT2D eigenvalue weighted by Gasteiger charge is -2.09. The van der Waals surface area contributed by atoms with Crippen molar-refractivity contribution in [1.82, 2.24) is 19.8 Å². The summed E-state index contributed by atoms with van der Waals surface area (Å²) in [6.45, 7) is 3.97. The van der Waals surface area contributed by atoms with Crippen LogP contribution in [0.4, 0.5) is 5.69 Å². The molecule has 7 nitrogen and oxygen atoms in total. The Morgan fingerprint density at radius 3 is 2.63 bits per heavy atom. The quantitative estimate of drug-likeness (QED) is 0.473. The number of carbonyl (C=O) groups excluding carboxylic acids is 1. The fraction of sp³-hybridized carbons (Fsp3) is 0.182. The number of amides is 1. The number of carbonyl (C=O) groups is 1. The second-order valence-electron chi connectivity index (χ2n) is 6.85. The van der Waals surface area contributed by atoms with Crippen LogP contribution in [0.5, 0.6) is 5.75 Å². The van der Waals surface area contributed by atoms with Gasteiger partial charge >= 0.3 is 0 Å². The molecule has 0 bridgehead atoms. The largest absolute Gasteiger partial charge is 0.497 e. The first kappa shape index (κ1) is 19.9. The van der Waals surface area contributed by atoms with E-state index in [1.807, 2.05) is 68.4 Å². The van der Waals surface area contributed by atoms with Gasteiger partial charge in [0.2, 0.25) is 11.1 Å². The number of nitrogens with one attached hydrogen (secondary N) is 1. The van der Waals surface area contributed by atoms with Crippen LogP contribution in [0.25, 0.3) is 16.9 Å². The molecule has 0 aliphatic carbocycles. The SMILES string of the molecule is COc1ccc(-c2ccc3nnc(SCC(=O)Nc4cc(C)ccc4C)n3n2)cc1. The first-order valence-electron chi connectivity index (χ1n) is 9.40. The third-order valence-corrected chi connectivity index (χ3v) is 5.54. The average molecular weight is 420 g/mol. The molecule has 4 aromatic rings. The van der Waals surface area contributed by atoms with Crippen LogP contribution in [0.3, 0.4) is 0 Å². The van der Waals surface area contributed by atoms with Gasteiger partial charge in [-0.25, -0.2) is 0 Å². The maximum atomic E-state index is 12.4. The standard InChI is InChI=1S/C22H21N5O2S/c1-14-4-5-15(2)19(12-14)23-21(28)13-30-22-25-24-20-11-10-18(26-27(20)22)16-6-8-17(29-3)9-7-16/h4-12H,13H2,1-3H3,(H,23,28). The van der Waals surface area contributed by atoms with Gasteiger partial charge in [0.15, 0.2) is 5.65 Å². The summed E-state index contributed by atoms with van der Waals surface area (Å²) < 4.78 is 6.87. The van der Waals surface area contributed by atoms with Crippen LogP contribution >= 0.6 is 11.8 Å². The summed E-state index contributed by atoms with van der Waals surface area (Å²) in [4.78, 5) is 12.4. The first-order valence-corrected chi connectivity index (χ1v) is 10.4. The Bertz CT molecular complexity index is 1200. The Balaban J connectivity index is 1.50. The second-order valence-corrected chi connectivity index (χ2v) is 7.80. The number of aromatic nitrogens is 4. The van der Waals surface area contributed by atoms with Crippen molar-refractivity contribution >= 4 is 29.0 Å². The van der Waals surface area contributed by atoms with Crippen molar-refractivity contribution in [1.29, 1.82) is 0 Å². The number of hydrogen-bond donors (Lipinski definition) is 1. The average Bonchev–Trinajstić information content (AvgIpc) is 3.17. The highest BCUT2D eigenvalue weighted by Gasteiger charge is 2.12. The summed E-state index contributed by atoms with van der Waals surface area (Å²) in [6.07, 6.45) is 0. The summed E-state index contributed by atoms with van der Waals surface area (Å²) in [5, 5.41) is 16.5. The molecule has 0 saturated carbocycles. The topological polar surface area (TPSA) is 81.4 Å². The molecule has 0 fully saturated rings. The van der Waals surface area contributed by atoms with Gasteiger partial charge < -0.3 is 10.1 Å². The van der Waals surface area contributed by atoms with Crippen LogP contribution in [0.2, 0.25) is 0 Å². The van der Waals surface area contributed by atoms with E-state index in [9.17, 15) is 4.79 Å². The van der Waals surface area contributed by atoms with Crippen LogP contribution in [0, 0.1) is 13.8 Å². The van der Waals surface area contributed by atoms with Crippen molar-refractivity contribution < 1.29 is 9.53 Å². The zero-order valence-corrected chi connectivity index (χ0v) is 17.7. The van der Waals surface area contributed by atoms with Gasteiger partial charge in [0, 0.05) is 11.3 Å². The Morgan fingerprint density at radius 2 is 1.87 bits per heavy atom. The van der Waals surface area contributed by atoms with Crippen molar-refractivity contribution in [3.05, 3.63) is 65.7 Å². The predicted octanol–water partition coefficient (Wildman–Crippen LogP) is 4.15. The molecule has 8 heteroatoms. The molecule has 0 radical (unpaired) electrons. The number of methoxy groups -OCH3 is 1. The molecule has 0 spiro atoms. The van der Waals surface area contributed by atoms with Gasteiger partial charge in [-0.15, -0.1) is 10.2 Å². The summed E-state index contributed by atoms with van der Waals surface area (Å²) >= 11 is 1.30. The summed E-state index contributed by atoms with van der Waals surface area (Å²) in [6, 6.07) is 17.4. The number of hydrogen-bond acceptors (Lipinski definition) is 6. The molecule has 0 atom stereocenters. The Kier molecular flexibility index (Phi) is 5.67. The van der Waals surface area contributed by atoms with E-state index >= 15 is 0 Å². The highest BCUT2D eigenvalue weighted by molar-refractivity contribution is 7.99. The smallest absolute Gasteiger partial charge is 0.234 e. The molecular weight excluding hydrogens is 398 g/mol. The second kappa shape index (κ2) is 8.54. The minimum Gasteiger partial charge on any atom is -0.497 e. The van der Waals surface area contributed by atoms with Crippen LogP contribution in [-0.2, 0) is 4.79 Å². The van der Waals surface area contributed by atoms with Crippen molar-refractivity contribution in [3.63, 3.8) is 0 Å². The number of fused-ring (bicyclic) bond motifs is 1. The Labute approximate surface area is 178 Å². The first-order chi connectivity index (χ1) is 14.5. The van der Waals surface area contributed by atoms with Crippen LogP contribution in [0.1, 0.15) is 11.1 Å². The predicted molar refractivity (Wildman–Crippen MR) is 118 cm³/mol. The molecule has 2 aromatic heterocycles. The molecule has 30 heavy (non-hydrogen) atoms. The molecule has 0 saturated heterocycles. The van der Waals surface area contributed by atoms with Crippen molar-refractivity contribution in [2.24, 2.45) is 0 Å². The highest BCUT2D eigenvalue weighted by Crippen LogP contribution is 2.23. The van der Waals surface area contributed by atoms with E-state index in [0.29, 0.717) is 10.8 Å². The van der Waals surface area contributed by atoms with Gasteiger partial charge in [0.05, 0.1) is 18.6 Å². The highest BCUT2D eigenvalue weighted by atomic mass is 32.2. The molecule has 0 unspecified atom stereocenters. The van der Waals surface area contributed by atoms with E-state index in [2.05, 4.69) is 20.6 Å². The molecule has 152 valence electrons. The van der Waals surface area contributed by atoms with E-state index in [-0.39, 0.29) is 11.7 Å². The number of anilines is 1. The number of benzene rings is 2. The van der Waals surface area contributed by atoms with E-state index in [4.69, 9.17) is 4.74 Å². The number of aryl methyl sites for hydroxylation is 2. The van der Waals surface area contributed by atoms with Crippen molar-refractivity contribution in [3.8, 4) is 17.0 Å². The zero-order chi connectivity index (χ0) is 21.1. The van der Waals surface area contributed by atoms with Gasteiger partial charge in [-0.1, -0.05) is 23.9 Å². The Hall–Kier alpha value is -3.39. The minimum absolute atomic E-state index is 0.100. The third kappa shape index (κ3) is 4.28. The maximum absolute atomic E-state index is 12.4. The Morgan fingerprint density at radius 1 is 1.07 bits per heavy atom. The van der Waals surface area contributed by atoms with Gasteiger partial charge in [-0.05, 0) is 67.4 Å². The van der Waals surface area contributed by atoms with E-state index in [0.717, 1.165) is 33.8 Å². The fourth-order valence-electron chi connectivity index (χ4n) is 2.96. The third-order valence-electron chi connectivity index (χ3n) is 4.62. The lowest BCUT2D eigenvalue weighted by atomic mass is 10.1. The monoisotopic (exact) mass is 419 g/mol. The van der Waals surface area contributed by atoms with Gasteiger partial charge in [-0.2, -0.15) is 9.61 Å². The number of thioether (sulfide) groups is 1. The number of ether oxygens (including phenoxy) is 1. The van der Waals surface area contributed by atoms with Crippen molar-refractivity contribution in [2.45, 2.75) is 19.0 Å². The lowest BCUT2D eigenvalue weighted by Crippen LogP contribution is -2.15. The normalized spacial score (nSPS) is 10.9.